The fourth-order valence-corrected chi connectivity index (χ4v) is 5.08. The summed E-state index contributed by atoms with van der Waals surface area (Å²) in [6.45, 7) is 9.48. The lowest BCUT2D eigenvalue weighted by atomic mass is 9.91. The maximum Gasteiger partial charge on any atom is 0.272 e. The number of amides is 1. The van der Waals surface area contributed by atoms with Gasteiger partial charge in [-0.15, -0.1) is 0 Å². The van der Waals surface area contributed by atoms with E-state index in [-0.39, 0.29) is 17.8 Å². The van der Waals surface area contributed by atoms with Crippen molar-refractivity contribution in [2.45, 2.75) is 58.4 Å². The highest BCUT2D eigenvalue weighted by Gasteiger charge is 2.22. The fourth-order valence-electron chi connectivity index (χ4n) is 5.08. The average molecular weight is 516 g/mol. The van der Waals surface area contributed by atoms with Crippen molar-refractivity contribution in [3.8, 4) is 5.75 Å². The summed E-state index contributed by atoms with van der Waals surface area (Å²) in [5, 5.41) is 0. The largest absolute Gasteiger partial charge is 0.491 e. The van der Waals surface area contributed by atoms with Crippen molar-refractivity contribution in [2.24, 2.45) is 0 Å². The van der Waals surface area contributed by atoms with Crippen LogP contribution in [-0.2, 0) is 6.54 Å². The van der Waals surface area contributed by atoms with E-state index in [1.807, 2.05) is 24.8 Å². The van der Waals surface area contributed by atoms with Gasteiger partial charge < -0.3 is 20.3 Å². The molecular formula is C31H41N5O2. The van der Waals surface area contributed by atoms with Gasteiger partial charge in [0.2, 0.25) is 5.95 Å². The van der Waals surface area contributed by atoms with Crippen LogP contribution < -0.4 is 10.5 Å². The van der Waals surface area contributed by atoms with Gasteiger partial charge in [0.05, 0.1) is 6.54 Å². The second-order valence-electron chi connectivity index (χ2n) is 10.7. The smallest absolute Gasteiger partial charge is 0.272 e. The number of ether oxygens (including phenoxy) is 1. The average Bonchev–Trinajstić information content (AvgIpc) is 2.90. The minimum atomic E-state index is -0.128. The maximum absolute atomic E-state index is 13.7. The molecule has 202 valence electrons. The van der Waals surface area contributed by atoms with Gasteiger partial charge in [-0.2, -0.15) is 0 Å². The summed E-state index contributed by atoms with van der Waals surface area (Å²) < 4.78 is 6.25. The number of rotatable bonds is 3. The zero-order valence-electron chi connectivity index (χ0n) is 23.2. The zero-order chi connectivity index (χ0) is 27.1. The number of carbonyl (C=O) groups excluding carboxylic acids is 1. The number of carbonyl (C=O) groups is 1. The summed E-state index contributed by atoms with van der Waals surface area (Å²) in [5.41, 5.74) is 10.8. The predicted molar refractivity (Wildman–Crippen MR) is 152 cm³/mol. The predicted octanol–water partition coefficient (Wildman–Crippen LogP) is 5.41. The molecule has 38 heavy (non-hydrogen) atoms. The molecule has 0 fully saturated rings. The Balaban J connectivity index is 1.61. The van der Waals surface area contributed by atoms with Gasteiger partial charge in [-0.3, -0.25) is 4.79 Å². The first kappa shape index (κ1) is 27.6. The van der Waals surface area contributed by atoms with Gasteiger partial charge in [0.1, 0.15) is 18.1 Å². The van der Waals surface area contributed by atoms with Gasteiger partial charge in [-0.1, -0.05) is 61.9 Å². The molecule has 3 aromatic rings. The Kier molecular flexibility index (Phi) is 9.34. The molecule has 7 heteroatoms. The van der Waals surface area contributed by atoms with E-state index in [4.69, 9.17) is 10.5 Å². The highest BCUT2D eigenvalue weighted by atomic mass is 16.5. The van der Waals surface area contributed by atoms with Gasteiger partial charge >= 0.3 is 0 Å². The Hall–Kier alpha value is -3.45. The first-order chi connectivity index (χ1) is 18.3. The van der Waals surface area contributed by atoms with Crippen molar-refractivity contribution in [2.75, 3.05) is 39.0 Å². The topological polar surface area (TPSA) is 84.6 Å². The molecule has 2 heterocycles. The summed E-state index contributed by atoms with van der Waals surface area (Å²) in [6, 6.07) is 18.8. The van der Waals surface area contributed by atoms with Crippen LogP contribution in [0.3, 0.4) is 0 Å². The van der Waals surface area contributed by atoms with Crippen molar-refractivity contribution in [1.82, 2.24) is 19.8 Å². The summed E-state index contributed by atoms with van der Waals surface area (Å²) in [5.74, 6) is 1.46. The molecule has 7 nitrogen and oxygen atoms in total. The van der Waals surface area contributed by atoms with Crippen LogP contribution in [-0.4, -0.2) is 59.0 Å². The lowest BCUT2D eigenvalue weighted by Crippen LogP contribution is -2.36. The minimum absolute atomic E-state index is 0.128. The Bertz CT molecular complexity index is 1210. The van der Waals surface area contributed by atoms with Crippen molar-refractivity contribution in [3.63, 3.8) is 0 Å². The number of nitrogen functional groups attached to an aromatic ring is 1. The second kappa shape index (κ2) is 12.9. The van der Waals surface area contributed by atoms with E-state index in [1.165, 1.54) is 16.7 Å². The van der Waals surface area contributed by atoms with Crippen molar-refractivity contribution >= 4 is 11.9 Å². The highest BCUT2D eigenvalue weighted by molar-refractivity contribution is 5.92. The van der Waals surface area contributed by atoms with Crippen LogP contribution in [0.5, 0.6) is 5.75 Å². The van der Waals surface area contributed by atoms with Gasteiger partial charge in [0, 0.05) is 24.3 Å². The number of nitrogens with two attached hydrogens (primary N) is 1. The van der Waals surface area contributed by atoms with E-state index < -0.39 is 0 Å². The van der Waals surface area contributed by atoms with E-state index in [2.05, 4.69) is 71.3 Å². The summed E-state index contributed by atoms with van der Waals surface area (Å²) in [7, 11) is 2.18. The summed E-state index contributed by atoms with van der Waals surface area (Å²) in [4.78, 5) is 26.5. The van der Waals surface area contributed by atoms with Crippen molar-refractivity contribution < 1.29 is 9.53 Å². The van der Waals surface area contributed by atoms with Gasteiger partial charge in [-0.25, -0.2) is 9.97 Å². The van der Waals surface area contributed by atoms with Crippen LogP contribution in [0.1, 0.15) is 77.8 Å². The van der Waals surface area contributed by atoms with Crippen LogP contribution in [0.2, 0.25) is 0 Å². The Labute approximate surface area is 227 Å². The lowest BCUT2D eigenvalue weighted by molar-refractivity contribution is 0.0718. The number of fused-ring (bicyclic) bond motifs is 1. The van der Waals surface area contributed by atoms with Crippen LogP contribution in [0.25, 0.3) is 0 Å². The van der Waals surface area contributed by atoms with Gasteiger partial charge in [-0.05, 0) is 69.3 Å². The van der Waals surface area contributed by atoms with E-state index in [0.29, 0.717) is 31.3 Å². The SMILES string of the molecule is Cc1ccc2c(c1)CN(C)CCC(c1ccccc1)CCCN(C(=O)c1cc(C(C)C)nc(N)n1)CCO2. The van der Waals surface area contributed by atoms with E-state index >= 15 is 0 Å². The quantitative estimate of drug-likeness (QED) is 0.502. The molecule has 1 atom stereocenters. The third-order valence-corrected chi connectivity index (χ3v) is 7.25. The Morgan fingerprint density at radius 2 is 1.82 bits per heavy atom. The second-order valence-corrected chi connectivity index (χ2v) is 10.7. The molecule has 0 saturated carbocycles. The number of aryl methyl sites for hydroxylation is 1. The standard InChI is InChI=1S/C31H41N5O2/c1-22(2)27-20-28(34-31(32)33-27)30(37)36-15-8-11-25(24-9-6-5-7-10-24)14-16-35(4)21-26-19-23(3)12-13-29(26)38-18-17-36/h5-7,9-10,12-13,19-20,22,25H,8,11,14-18,21H2,1-4H3,(H2,32,33,34). The number of hydrogen-bond acceptors (Lipinski definition) is 6. The summed E-state index contributed by atoms with van der Waals surface area (Å²) in [6.07, 6.45) is 2.94. The van der Waals surface area contributed by atoms with E-state index in [9.17, 15) is 4.79 Å². The third kappa shape index (κ3) is 7.32. The minimum Gasteiger partial charge on any atom is -0.491 e. The molecule has 1 amide bonds. The monoisotopic (exact) mass is 515 g/mol. The molecule has 2 N–H and O–H groups in total. The zero-order valence-corrected chi connectivity index (χ0v) is 23.2. The molecule has 1 aromatic heterocycles. The number of nitrogens with zero attached hydrogens (tertiary/aromatic N) is 4. The lowest BCUT2D eigenvalue weighted by Gasteiger charge is -2.27. The molecule has 1 aliphatic heterocycles. The third-order valence-electron chi connectivity index (χ3n) is 7.25. The van der Waals surface area contributed by atoms with Crippen LogP contribution >= 0.6 is 0 Å². The Morgan fingerprint density at radius 1 is 1.03 bits per heavy atom. The van der Waals surface area contributed by atoms with Gasteiger partial charge in [0.15, 0.2) is 0 Å². The number of benzene rings is 2. The number of aromatic nitrogens is 2. The molecule has 0 aliphatic carbocycles. The van der Waals surface area contributed by atoms with Crippen molar-refractivity contribution in [3.05, 3.63) is 82.7 Å². The molecule has 1 unspecified atom stereocenters. The molecule has 4 rings (SSSR count). The molecule has 2 aromatic carbocycles. The molecule has 1 aliphatic rings. The number of anilines is 1. The first-order valence-corrected chi connectivity index (χ1v) is 13.7. The first-order valence-electron chi connectivity index (χ1n) is 13.7. The van der Waals surface area contributed by atoms with Crippen LogP contribution in [0.4, 0.5) is 5.95 Å². The molecule has 0 saturated heterocycles. The highest BCUT2D eigenvalue weighted by Crippen LogP contribution is 2.27. The molecule has 0 spiro atoms. The Morgan fingerprint density at radius 3 is 2.58 bits per heavy atom. The normalized spacial score (nSPS) is 17.9. The van der Waals surface area contributed by atoms with Crippen LogP contribution in [0.15, 0.2) is 54.6 Å². The van der Waals surface area contributed by atoms with Crippen LogP contribution in [0, 0.1) is 6.92 Å². The fraction of sp³-hybridized carbons (Fsp3) is 0.452. The molecule has 0 bridgehead atoms. The van der Waals surface area contributed by atoms with Crippen molar-refractivity contribution in [1.29, 1.82) is 0 Å². The molecular weight excluding hydrogens is 474 g/mol. The summed E-state index contributed by atoms with van der Waals surface area (Å²) >= 11 is 0. The maximum atomic E-state index is 13.7. The van der Waals surface area contributed by atoms with E-state index in [1.54, 1.807) is 6.07 Å². The van der Waals surface area contributed by atoms with Gasteiger partial charge in [0.25, 0.3) is 5.91 Å². The molecule has 0 radical (unpaired) electrons. The number of hydrogen-bond donors (Lipinski definition) is 1. The van der Waals surface area contributed by atoms with E-state index in [0.717, 1.165) is 43.8 Å².